The maximum Gasteiger partial charge on any atom is 0.269 e. The predicted molar refractivity (Wildman–Crippen MR) is 112 cm³/mol. The highest BCUT2D eigenvalue weighted by atomic mass is 19.1. The van der Waals surface area contributed by atoms with E-state index in [9.17, 15) is 9.18 Å². The van der Waals surface area contributed by atoms with Crippen molar-refractivity contribution in [2.75, 3.05) is 0 Å². The zero-order chi connectivity index (χ0) is 21.1. The lowest BCUT2D eigenvalue weighted by Gasteiger charge is -2.23. The molecule has 1 unspecified atom stereocenters. The largest absolute Gasteiger partial charge is 0.269 e. The van der Waals surface area contributed by atoms with Crippen molar-refractivity contribution in [1.29, 1.82) is 5.26 Å². The topological polar surface area (TPSA) is 74.3 Å². The van der Waals surface area contributed by atoms with Crippen LogP contribution in [0.5, 0.6) is 0 Å². The lowest BCUT2D eigenvalue weighted by atomic mass is 10.0. The number of aryl methyl sites for hydroxylation is 1. The molecule has 3 aromatic rings. The van der Waals surface area contributed by atoms with Crippen molar-refractivity contribution in [3.8, 4) is 6.07 Å². The average Bonchev–Trinajstić information content (AvgIpc) is 3.40. The number of nitrogens with zero attached hydrogens (tertiary/aromatic N) is 5. The van der Waals surface area contributed by atoms with E-state index >= 15 is 0 Å². The third kappa shape index (κ3) is 3.85. The van der Waals surface area contributed by atoms with Crippen molar-refractivity contribution in [3.05, 3.63) is 77.8 Å². The molecule has 0 aliphatic carbocycles. The van der Waals surface area contributed by atoms with Crippen LogP contribution >= 0.6 is 0 Å². The molecule has 2 aromatic carbocycles. The quantitative estimate of drug-likeness (QED) is 0.577. The molecular formula is C23H20FN5O. The third-order valence-electron chi connectivity index (χ3n) is 5.21. The lowest BCUT2D eigenvalue weighted by Crippen LogP contribution is -2.28. The second kappa shape index (κ2) is 8.29. The first-order valence-corrected chi connectivity index (χ1v) is 9.72. The normalized spacial score (nSPS) is 15.5. The molecule has 1 amide bonds. The molecule has 150 valence electrons. The van der Waals surface area contributed by atoms with Gasteiger partial charge >= 0.3 is 0 Å². The zero-order valence-electron chi connectivity index (χ0n) is 16.3. The van der Waals surface area contributed by atoms with Gasteiger partial charge in [0.05, 0.1) is 29.4 Å². The molecule has 1 aliphatic rings. The second-order valence-corrected chi connectivity index (χ2v) is 7.21. The Kier molecular flexibility index (Phi) is 5.40. The van der Waals surface area contributed by atoms with Gasteiger partial charge in [0.1, 0.15) is 5.82 Å². The minimum absolute atomic E-state index is 0.220. The summed E-state index contributed by atoms with van der Waals surface area (Å²) in [6, 6.07) is 13.5. The van der Waals surface area contributed by atoms with E-state index in [0.717, 1.165) is 16.5 Å². The molecule has 0 saturated carbocycles. The first kappa shape index (κ1) is 19.5. The minimum Gasteiger partial charge on any atom is -0.268 e. The number of rotatable bonds is 6. The summed E-state index contributed by atoms with van der Waals surface area (Å²) in [6.45, 7) is 4.59. The highest BCUT2D eigenvalue weighted by Gasteiger charge is 2.29. The summed E-state index contributed by atoms with van der Waals surface area (Å²) in [5.74, 6) is -0.531. The van der Waals surface area contributed by atoms with Gasteiger partial charge in [0.25, 0.3) is 5.91 Å². The van der Waals surface area contributed by atoms with E-state index in [1.165, 1.54) is 17.1 Å². The van der Waals surface area contributed by atoms with Crippen LogP contribution in [0.2, 0.25) is 0 Å². The van der Waals surface area contributed by atoms with Gasteiger partial charge in [-0.2, -0.15) is 15.5 Å². The molecule has 4 rings (SSSR count). The van der Waals surface area contributed by atoms with Gasteiger partial charge in [0.2, 0.25) is 0 Å². The molecule has 2 heterocycles. The second-order valence-electron chi connectivity index (χ2n) is 7.21. The van der Waals surface area contributed by atoms with Crippen molar-refractivity contribution in [2.45, 2.75) is 31.8 Å². The van der Waals surface area contributed by atoms with Crippen LogP contribution in [-0.2, 0) is 11.3 Å². The number of nitriles is 1. The fraction of sp³-hybridized carbons (Fsp3) is 0.217. The van der Waals surface area contributed by atoms with Crippen LogP contribution in [-0.4, -0.2) is 26.9 Å². The van der Waals surface area contributed by atoms with E-state index < -0.39 is 0 Å². The molecule has 0 fully saturated rings. The number of carbonyl (C=O) groups is 1. The van der Waals surface area contributed by atoms with Crippen LogP contribution in [0.15, 0.2) is 65.9 Å². The van der Waals surface area contributed by atoms with Crippen LogP contribution in [0.4, 0.5) is 4.39 Å². The zero-order valence-corrected chi connectivity index (χ0v) is 16.3. The van der Waals surface area contributed by atoms with Crippen LogP contribution < -0.4 is 0 Å². The molecule has 0 spiro atoms. The Labute approximate surface area is 173 Å². The molecule has 0 saturated heterocycles. The Balaban J connectivity index is 1.37. The SMILES string of the molecule is C=C(CCCn1ncc2cc(C#N)ccc21)C(=O)N1N=CCC1c1ccc(F)cc1. The Morgan fingerprint density at radius 3 is 2.83 bits per heavy atom. The Hall–Kier alpha value is -3.79. The summed E-state index contributed by atoms with van der Waals surface area (Å²) < 4.78 is 15.1. The molecule has 1 atom stereocenters. The first-order chi connectivity index (χ1) is 14.6. The lowest BCUT2D eigenvalue weighted by molar-refractivity contribution is -0.129. The predicted octanol–water partition coefficient (Wildman–Crippen LogP) is 4.34. The maximum absolute atomic E-state index is 13.2. The number of hydrogen-bond donors (Lipinski definition) is 0. The number of hydrazone groups is 1. The number of aromatic nitrogens is 2. The first-order valence-electron chi connectivity index (χ1n) is 9.72. The van der Waals surface area contributed by atoms with Crippen molar-refractivity contribution in [3.63, 3.8) is 0 Å². The van der Waals surface area contributed by atoms with Gasteiger partial charge in [-0.15, -0.1) is 0 Å². The molecule has 30 heavy (non-hydrogen) atoms. The van der Waals surface area contributed by atoms with Crippen molar-refractivity contribution in [1.82, 2.24) is 14.8 Å². The number of carbonyl (C=O) groups excluding carboxylic acids is 1. The smallest absolute Gasteiger partial charge is 0.268 e. The molecule has 1 aliphatic heterocycles. The summed E-state index contributed by atoms with van der Waals surface area (Å²) in [5, 5.41) is 19.9. The molecule has 1 aromatic heterocycles. The number of fused-ring (bicyclic) bond motifs is 1. The van der Waals surface area contributed by atoms with Crippen LogP contribution in [0, 0.1) is 17.1 Å². The van der Waals surface area contributed by atoms with Gasteiger partial charge < -0.3 is 0 Å². The minimum atomic E-state index is -0.310. The standard InChI is InChI=1S/C23H20FN5O/c1-16(3-2-12-28-21-9-4-17(14-25)13-19(21)15-27-28)23(30)29-22(10-11-26-29)18-5-7-20(24)8-6-18/h4-9,11,13,15,22H,1-3,10,12H2. The number of hydrogen-bond acceptors (Lipinski definition) is 4. The van der Waals surface area contributed by atoms with Gasteiger partial charge in [-0.05, 0) is 48.7 Å². The fourth-order valence-corrected chi connectivity index (χ4v) is 3.62. The number of halogens is 1. The van der Waals surface area contributed by atoms with E-state index in [4.69, 9.17) is 5.26 Å². The highest BCUT2D eigenvalue weighted by molar-refractivity contribution is 5.94. The van der Waals surface area contributed by atoms with E-state index in [1.54, 1.807) is 30.6 Å². The van der Waals surface area contributed by atoms with Gasteiger partial charge in [-0.1, -0.05) is 18.7 Å². The van der Waals surface area contributed by atoms with Crippen LogP contribution in [0.25, 0.3) is 10.9 Å². The van der Waals surface area contributed by atoms with E-state index in [-0.39, 0.29) is 17.8 Å². The summed E-state index contributed by atoms with van der Waals surface area (Å²) in [4.78, 5) is 12.9. The third-order valence-corrected chi connectivity index (χ3v) is 5.21. The Morgan fingerprint density at radius 1 is 1.27 bits per heavy atom. The molecular weight excluding hydrogens is 381 g/mol. The molecule has 7 heteroatoms. The molecule has 0 bridgehead atoms. The summed E-state index contributed by atoms with van der Waals surface area (Å²) in [6.07, 6.45) is 5.24. The van der Waals surface area contributed by atoms with E-state index in [2.05, 4.69) is 22.8 Å². The monoisotopic (exact) mass is 401 g/mol. The van der Waals surface area contributed by atoms with Gasteiger partial charge in [-0.25, -0.2) is 9.40 Å². The van der Waals surface area contributed by atoms with Crippen molar-refractivity contribution in [2.24, 2.45) is 5.10 Å². The van der Waals surface area contributed by atoms with Crippen LogP contribution in [0.3, 0.4) is 0 Å². The Morgan fingerprint density at radius 2 is 2.07 bits per heavy atom. The summed E-state index contributed by atoms with van der Waals surface area (Å²) in [7, 11) is 0. The fourth-order valence-electron chi connectivity index (χ4n) is 3.62. The average molecular weight is 401 g/mol. The highest BCUT2D eigenvalue weighted by Crippen LogP contribution is 2.30. The van der Waals surface area contributed by atoms with Gasteiger partial charge in [0.15, 0.2) is 0 Å². The van der Waals surface area contributed by atoms with Crippen molar-refractivity contribution < 1.29 is 9.18 Å². The van der Waals surface area contributed by atoms with Crippen LogP contribution in [0.1, 0.15) is 36.4 Å². The molecule has 0 radical (unpaired) electrons. The van der Waals surface area contributed by atoms with Gasteiger partial charge in [-0.3, -0.25) is 9.48 Å². The molecule has 0 N–H and O–H groups in total. The van der Waals surface area contributed by atoms with E-state index in [1.807, 2.05) is 16.8 Å². The molecule has 6 nitrogen and oxygen atoms in total. The number of amides is 1. The van der Waals surface area contributed by atoms with Crippen molar-refractivity contribution >= 4 is 23.0 Å². The Bertz CT molecular complexity index is 1170. The summed E-state index contributed by atoms with van der Waals surface area (Å²) >= 11 is 0. The summed E-state index contributed by atoms with van der Waals surface area (Å²) in [5.41, 5.74) is 2.87. The maximum atomic E-state index is 13.2. The van der Waals surface area contributed by atoms with Gasteiger partial charge in [0, 0.05) is 30.1 Å². The number of benzene rings is 2. The van der Waals surface area contributed by atoms with E-state index in [0.29, 0.717) is 36.9 Å².